The first-order valence-corrected chi connectivity index (χ1v) is 3.84. The Bertz CT molecular complexity index is 409. The van der Waals surface area contributed by atoms with Crippen LogP contribution < -0.4 is 0 Å². The van der Waals surface area contributed by atoms with Crippen LogP contribution in [0.4, 0.5) is 17.6 Å². The Kier molecular flexibility index (Phi) is 2.70. The van der Waals surface area contributed by atoms with Gasteiger partial charge in [-0.15, -0.1) is 0 Å². The van der Waals surface area contributed by atoms with Crippen molar-refractivity contribution >= 4 is 5.78 Å². The first-order valence-electron chi connectivity index (χ1n) is 3.84. The van der Waals surface area contributed by atoms with E-state index in [2.05, 4.69) is 0 Å². The number of carbonyl (C=O) groups excluding carboxylic acids is 1. The van der Waals surface area contributed by atoms with Crippen LogP contribution in [0.3, 0.4) is 0 Å². The molecule has 82 valence electrons. The van der Waals surface area contributed by atoms with Crippen molar-refractivity contribution in [3.63, 3.8) is 0 Å². The van der Waals surface area contributed by atoms with Crippen molar-refractivity contribution in [2.45, 2.75) is 13.1 Å². The number of phenols is 1. The molecular weight excluding hydrogens is 216 g/mol. The number of Topliss-reactive ketones (excluding diaryl/α,β-unsaturated/α-hetero) is 1. The van der Waals surface area contributed by atoms with Crippen LogP contribution in [-0.2, 0) is 6.18 Å². The zero-order valence-electron chi connectivity index (χ0n) is 7.52. The molecule has 0 atom stereocenters. The predicted molar refractivity (Wildman–Crippen MR) is 43.1 cm³/mol. The fourth-order valence-electron chi connectivity index (χ4n) is 1.06. The molecule has 0 radical (unpaired) electrons. The van der Waals surface area contributed by atoms with Crippen molar-refractivity contribution in [3.05, 3.63) is 29.1 Å². The summed E-state index contributed by atoms with van der Waals surface area (Å²) in [6, 6.07) is 0.576. The summed E-state index contributed by atoms with van der Waals surface area (Å²) in [6.07, 6.45) is -4.85. The molecule has 0 aliphatic carbocycles. The lowest BCUT2D eigenvalue weighted by molar-refractivity contribution is -0.139. The minimum atomic E-state index is -4.85. The van der Waals surface area contributed by atoms with Gasteiger partial charge in [-0.3, -0.25) is 4.79 Å². The maximum Gasteiger partial charge on any atom is 0.420 e. The van der Waals surface area contributed by atoms with Crippen LogP contribution in [0.25, 0.3) is 0 Å². The normalized spacial score (nSPS) is 11.5. The van der Waals surface area contributed by atoms with Gasteiger partial charge >= 0.3 is 6.18 Å². The average Bonchev–Trinajstić information content (AvgIpc) is 2.06. The first-order chi connectivity index (χ1) is 6.73. The third-order valence-electron chi connectivity index (χ3n) is 1.77. The van der Waals surface area contributed by atoms with Gasteiger partial charge in [0.05, 0.1) is 5.56 Å². The van der Waals surface area contributed by atoms with E-state index in [0.29, 0.717) is 6.07 Å². The highest BCUT2D eigenvalue weighted by Crippen LogP contribution is 2.36. The van der Waals surface area contributed by atoms with Gasteiger partial charge in [0, 0.05) is 0 Å². The van der Waals surface area contributed by atoms with Crippen LogP contribution >= 0.6 is 0 Å². The Morgan fingerprint density at radius 3 is 2.27 bits per heavy atom. The number of aromatic hydroxyl groups is 1. The van der Waals surface area contributed by atoms with E-state index in [4.69, 9.17) is 5.11 Å². The smallest absolute Gasteiger partial charge is 0.420 e. The summed E-state index contributed by atoms with van der Waals surface area (Å²) in [5.74, 6) is -3.21. The van der Waals surface area contributed by atoms with Crippen LogP contribution in [0.15, 0.2) is 12.1 Å². The standard InChI is InChI=1S/C9H6F4O2/c1-4(14)5-2-8(15)6(3-7(5)10)9(11,12)13/h2-3,15H,1H3. The Morgan fingerprint density at radius 2 is 1.87 bits per heavy atom. The molecule has 1 aromatic carbocycles. The number of ketones is 1. The summed E-state index contributed by atoms with van der Waals surface area (Å²) in [7, 11) is 0. The maximum absolute atomic E-state index is 13.0. The van der Waals surface area contributed by atoms with Crippen LogP contribution in [0.2, 0.25) is 0 Å². The lowest BCUT2D eigenvalue weighted by Crippen LogP contribution is -2.08. The number of carbonyl (C=O) groups is 1. The van der Waals surface area contributed by atoms with Gasteiger partial charge in [0.15, 0.2) is 5.78 Å². The SMILES string of the molecule is CC(=O)c1cc(O)c(C(F)(F)F)cc1F. The van der Waals surface area contributed by atoms with Gasteiger partial charge in [0.2, 0.25) is 0 Å². The van der Waals surface area contributed by atoms with Gasteiger partial charge in [-0.2, -0.15) is 13.2 Å². The molecule has 6 heteroatoms. The minimum absolute atomic E-state index is 0.103. The zero-order chi connectivity index (χ0) is 11.8. The van der Waals surface area contributed by atoms with E-state index in [0.717, 1.165) is 6.92 Å². The van der Waals surface area contributed by atoms with Crippen molar-refractivity contribution < 1.29 is 27.5 Å². The molecule has 0 amide bonds. The van der Waals surface area contributed by atoms with E-state index in [1.807, 2.05) is 0 Å². The Labute approximate surface area is 82.1 Å². The van der Waals surface area contributed by atoms with Gasteiger partial charge in [-0.1, -0.05) is 0 Å². The third kappa shape index (κ3) is 2.26. The van der Waals surface area contributed by atoms with Gasteiger partial charge in [-0.05, 0) is 19.1 Å². The van der Waals surface area contributed by atoms with Crippen molar-refractivity contribution in [2.24, 2.45) is 0 Å². The fraction of sp³-hybridized carbons (Fsp3) is 0.222. The second-order valence-corrected chi connectivity index (χ2v) is 2.90. The Morgan fingerprint density at radius 1 is 1.33 bits per heavy atom. The van der Waals surface area contributed by atoms with E-state index in [1.165, 1.54) is 0 Å². The molecule has 0 saturated heterocycles. The second-order valence-electron chi connectivity index (χ2n) is 2.90. The topological polar surface area (TPSA) is 37.3 Å². The number of hydrogen-bond acceptors (Lipinski definition) is 2. The number of phenolic OH excluding ortho intramolecular Hbond substituents is 1. The number of halogens is 4. The largest absolute Gasteiger partial charge is 0.507 e. The summed E-state index contributed by atoms with van der Waals surface area (Å²) >= 11 is 0. The quantitative estimate of drug-likeness (QED) is 0.586. The average molecular weight is 222 g/mol. The number of rotatable bonds is 1. The van der Waals surface area contributed by atoms with E-state index < -0.39 is 34.7 Å². The van der Waals surface area contributed by atoms with Gasteiger partial charge in [-0.25, -0.2) is 4.39 Å². The molecule has 0 unspecified atom stereocenters. The van der Waals surface area contributed by atoms with Gasteiger partial charge in [0.1, 0.15) is 17.1 Å². The summed E-state index contributed by atoms with van der Waals surface area (Å²) in [5.41, 5.74) is -2.06. The minimum Gasteiger partial charge on any atom is -0.507 e. The highest BCUT2D eigenvalue weighted by molar-refractivity contribution is 5.94. The van der Waals surface area contributed by atoms with Crippen LogP contribution in [0.5, 0.6) is 5.75 Å². The predicted octanol–water partition coefficient (Wildman–Crippen LogP) is 2.75. The molecule has 0 fully saturated rings. The van der Waals surface area contributed by atoms with Crippen molar-refractivity contribution in [1.29, 1.82) is 0 Å². The number of hydrogen-bond donors (Lipinski definition) is 1. The lowest BCUT2D eigenvalue weighted by atomic mass is 10.1. The summed E-state index contributed by atoms with van der Waals surface area (Å²) in [4.78, 5) is 10.7. The molecule has 0 aliphatic rings. The molecule has 0 saturated carbocycles. The third-order valence-corrected chi connectivity index (χ3v) is 1.77. The maximum atomic E-state index is 13.0. The summed E-state index contributed by atoms with van der Waals surface area (Å²) in [6.45, 7) is 0.991. The van der Waals surface area contributed by atoms with Crippen molar-refractivity contribution in [2.75, 3.05) is 0 Å². The molecule has 0 aliphatic heterocycles. The van der Waals surface area contributed by atoms with Crippen LogP contribution in [0.1, 0.15) is 22.8 Å². The second kappa shape index (κ2) is 3.52. The van der Waals surface area contributed by atoms with Crippen molar-refractivity contribution in [3.8, 4) is 5.75 Å². The highest BCUT2D eigenvalue weighted by atomic mass is 19.4. The molecular formula is C9H6F4O2. The molecule has 1 rings (SSSR count). The van der Waals surface area contributed by atoms with Gasteiger partial charge < -0.3 is 5.11 Å². The molecule has 1 aromatic rings. The number of alkyl halides is 3. The molecule has 0 heterocycles. The molecule has 0 aromatic heterocycles. The molecule has 15 heavy (non-hydrogen) atoms. The van der Waals surface area contributed by atoms with E-state index in [9.17, 15) is 22.4 Å². The van der Waals surface area contributed by atoms with E-state index in [1.54, 1.807) is 0 Å². The first kappa shape index (κ1) is 11.5. The highest BCUT2D eigenvalue weighted by Gasteiger charge is 2.35. The van der Waals surface area contributed by atoms with Crippen LogP contribution in [-0.4, -0.2) is 10.9 Å². The summed E-state index contributed by atoms with van der Waals surface area (Å²) in [5, 5.41) is 8.96. The molecule has 1 N–H and O–H groups in total. The Hall–Kier alpha value is -1.59. The molecule has 0 spiro atoms. The van der Waals surface area contributed by atoms with E-state index >= 15 is 0 Å². The zero-order valence-corrected chi connectivity index (χ0v) is 7.52. The van der Waals surface area contributed by atoms with Crippen molar-refractivity contribution in [1.82, 2.24) is 0 Å². The molecule has 0 bridgehead atoms. The number of benzene rings is 1. The van der Waals surface area contributed by atoms with Gasteiger partial charge in [0.25, 0.3) is 0 Å². The van der Waals surface area contributed by atoms with E-state index in [-0.39, 0.29) is 6.07 Å². The summed E-state index contributed by atoms with van der Waals surface area (Å²) < 4.78 is 49.4. The monoisotopic (exact) mass is 222 g/mol. The molecule has 2 nitrogen and oxygen atoms in total. The van der Waals surface area contributed by atoms with Crippen LogP contribution in [0, 0.1) is 5.82 Å². The Balaban J connectivity index is 3.39. The fourth-order valence-corrected chi connectivity index (χ4v) is 1.06. The lowest BCUT2D eigenvalue weighted by Gasteiger charge is -2.10.